The van der Waals surface area contributed by atoms with E-state index in [1.54, 1.807) is 0 Å². The first-order valence-electron chi connectivity index (χ1n) is 19.3. The minimum atomic E-state index is 0.895. The molecule has 0 N–H and O–H groups in total. The molecular formula is C54H35NO2. The molecule has 57 heavy (non-hydrogen) atoms. The quantitative estimate of drug-likeness (QED) is 0.164. The molecule has 11 rings (SSSR count). The predicted octanol–water partition coefficient (Wildman–Crippen LogP) is 15.6. The summed E-state index contributed by atoms with van der Waals surface area (Å²) < 4.78 is 13.0. The highest BCUT2D eigenvalue weighted by molar-refractivity contribution is 6.13. The fraction of sp³-hybridized carbons (Fsp3) is 0. The molecule has 0 aliphatic carbocycles. The van der Waals surface area contributed by atoms with Crippen LogP contribution in [0, 0.1) is 0 Å². The van der Waals surface area contributed by atoms with Crippen molar-refractivity contribution in [2.75, 3.05) is 4.90 Å². The largest absolute Gasteiger partial charge is 0.455 e. The molecule has 0 aliphatic rings. The lowest BCUT2D eigenvalue weighted by Gasteiger charge is -2.26. The van der Waals surface area contributed by atoms with E-state index >= 15 is 0 Å². The monoisotopic (exact) mass is 729 g/mol. The highest BCUT2D eigenvalue weighted by Gasteiger charge is 2.19. The number of hydrogen-bond acceptors (Lipinski definition) is 3. The van der Waals surface area contributed by atoms with Crippen molar-refractivity contribution in [2.24, 2.45) is 0 Å². The average Bonchev–Trinajstić information content (AvgIpc) is 3.86. The Balaban J connectivity index is 1.02. The lowest BCUT2D eigenvalue weighted by atomic mass is 9.92. The van der Waals surface area contributed by atoms with Crippen LogP contribution in [-0.4, -0.2) is 0 Å². The van der Waals surface area contributed by atoms with Crippen molar-refractivity contribution >= 4 is 60.9 Å². The molecule has 0 amide bonds. The molecule has 0 saturated heterocycles. The van der Waals surface area contributed by atoms with Gasteiger partial charge in [0, 0.05) is 49.7 Å². The van der Waals surface area contributed by atoms with Gasteiger partial charge in [-0.2, -0.15) is 0 Å². The van der Waals surface area contributed by atoms with Crippen molar-refractivity contribution in [3.63, 3.8) is 0 Å². The van der Waals surface area contributed by atoms with Gasteiger partial charge in [0.15, 0.2) is 0 Å². The van der Waals surface area contributed by atoms with Crippen LogP contribution in [0.4, 0.5) is 17.1 Å². The van der Waals surface area contributed by atoms with Crippen LogP contribution in [0.5, 0.6) is 0 Å². The Kier molecular flexibility index (Phi) is 7.82. The van der Waals surface area contributed by atoms with Crippen LogP contribution >= 0.6 is 0 Å². The van der Waals surface area contributed by atoms with Crippen molar-refractivity contribution in [1.82, 2.24) is 0 Å². The van der Waals surface area contributed by atoms with Gasteiger partial charge >= 0.3 is 0 Å². The maximum atomic E-state index is 6.59. The number of fused-ring (bicyclic) bond motifs is 6. The van der Waals surface area contributed by atoms with Crippen molar-refractivity contribution in [1.29, 1.82) is 0 Å². The summed E-state index contributed by atoms with van der Waals surface area (Å²) in [5.41, 5.74) is 15.8. The van der Waals surface area contributed by atoms with E-state index in [0.29, 0.717) is 0 Å². The molecule has 2 heterocycles. The SMILES string of the molecule is c1ccc(-c2ccc(N(c3ccc(-c4ccc5c(oc6ccccc65)c4-c4ccccc4)cc3)c3ccc(-c4cccc5c4oc4ccccc45)cc3)cc2)cc1. The number of hydrogen-bond donors (Lipinski definition) is 0. The van der Waals surface area contributed by atoms with Crippen LogP contribution < -0.4 is 4.90 Å². The van der Waals surface area contributed by atoms with Crippen LogP contribution in [0.25, 0.3) is 88.4 Å². The third kappa shape index (κ3) is 5.68. The van der Waals surface area contributed by atoms with Crippen LogP contribution in [-0.2, 0) is 0 Å². The van der Waals surface area contributed by atoms with E-state index in [0.717, 1.165) is 94.3 Å². The molecule has 3 heteroatoms. The molecule has 0 spiro atoms. The van der Waals surface area contributed by atoms with Crippen molar-refractivity contribution in [3.05, 3.63) is 212 Å². The Labute approximate surface area is 330 Å². The summed E-state index contributed by atoms with van der Waals surface area (Å²) in [6.45, 7) is 0. The lowest BCUT2D eigenvalue weighted by molar-refractivity contribution is 0.669. The number of anilines is 3. The Morgan fingerprint density at radius 2 is 0.702 bits per heavy atom. The van der Waals surface area contributed by atoms with Crippen molar-refractivity contribution < 1.29 is 8.83 Å². The zero-order valence-electron chi connectivity index (χ0n) is 31.0. The predicted molar refractivity (Wildman–Crippen MR) is 237 cm³/mol. The van der Waals surface area contributed by atoms with Gasteiger partial charge in [-0.1, -0.05) is 158 Å². The number of nitrogens with zero attached hydrogens (tertiary/aromatic N) is 1. The van der Waals surface area contributed by atoms with Gasteiger partial charge in [-0.05, 0) is 88.0 Å². The third-order valence-electron chi connectivity index (χ3n) is 11.1. The van der Waals surface area contributed by atoms with Gasteiger partial charge in [0.2, 0.25) is 0 Å². The van der Waals surface area contributed by atoms with Gasteiger partial charge in [-0.25, -0.2) is 0 Å². The number of furan rings is 2. The van der Waals surface area contributed by atoms with E-state index in [-0.39, 0.29) is 0 Å². The molecule has 0 radical (unpaired) electrons. The van der Waals surface area contributed by atoms with E-state index in [2.05, 4.69) is 193 Å². The standard InChI is InChI=1S/C54H35NO2/c1-3-12-36(13-4-1)37-22-28-41(29-23-37)55(43-32-26-39(27-33-43)45-18-11-19-48-46-16-7-9-20-50(46)56-53(45)48)42-30-24-38(25-31-42)44-34-35-49-47-17-8-10-21-51(47)57-54(49)52(44)40-14-5-2-6-15-40/h1-35H. The van der Waals surface area contributed by atoms with E-state index < -0.39 is 0 Å². The van der Waals surface area contributed by atoms with Crippen molar-refractivity contribution in [3.8, 4) is 44.5 Å². The second-order valence-corrected chi connectivity index (χ2v) is 14.5. The first-order chi connectivity index (χ1) is 28.3. The fourth-order valence-electron chi connectivity index (χ4n) is 8.36. The molecule has 0 aliphatic heterocycles. The second kappa shape index (κ2) is 13.6. The number of benzene rings is 9. The summed E-state index contributed by atoms with van der Waals surface area (Å²) in [6.07, 6.45) is 0. The van der Waals surface area contributed by atoms with Gasteiger partial charge in [0.05, 0.1) is 0 Å². The lowest BCUT2D eigenvalue weighted by Crippen LogP contribution is -2.09. The number of para-hydroxylation sites is 3. The average molecular weight is 730 g/mol. The van der Waals surface area contributed by atoms with Gasteiger partial charge in [0.1, 0.15) is 22.3 Å². The molecule has 9 aromatic carbocycles. The minimum absolute atomic E-state index is 0.895. The van der Waals surface area contributed by atoms with Gasteiger partial charge < -0.3 is 13.7 Å². The summed E-state index contributed by atoms with van der Waals surface area (Å²) in [5.74, 6) is 0. The topological polar surface area (TPSA) is 29.5 Å². The van der Waals surface area contributed by atoms with Gasteiger partial charge in [0.25, 0.3) is 0 Å². The van der Waals surface area contributed by atoms with Gasteiger partial charge in [-0.3, -0.25) is 0 Å². The molecule has 3 nitrogen and oxygen atoms in total. The van der Waals surface area contributed by atoms with Crippen molar-refractivity contribution in [2.45, 2.75) is 0 Å². The second-order valence-electron chi connectivity index (χ2n) is 14.5. The molecule has 0 saturated carbocycles. The Bertz CT molecular complexity index is 3200. The number of rotatable bonds is 7. The first-order valence-corrected chi connectivity index (χ1v) is 19.3. The maximum Gasteiger partial charge on any atom is 0.143 e. The Hall–Kier alpha value is -7.62. The molecular weight excluding hydrogens is 695 g/mol. The van der Waals surface area contributed by atoms with E-state index in [1.165, 1.54) is 11.1 Å². The molecule has 2 aromatic heterocycles. The summed E-state index contributed by atoms with van der Waals surface area (Å²) >= 11 is 0. The zero-order chi connectivity index (χ0) is 37.7. The molecule has 0 unspecified atom stereocenters. The summed E-state index contributed by atoms with van der Waals surface area (Å²) in [7, 11) is 0. The van der Waals surface area contributed by atoms with Crippen LogP contribution in [0.3, 0.4) is 0 Å². The van der Waals surface area contributed by atoms with E-state index in [9.17, 15) is 0 Å². The molecule has 0 bridgehead atoms. The van der Waals surface area contributed by atoms with Crippen LogP contribution in [0.2, 0.25) is 0 Å². The Morgan fingerprint density at radius 3 is 1.30 bits per heavy atom. The Morgan fingerprint density at radius 1 is 0.263 bits per heavy atom. The summed E-state index contributed by atoms with van der Waals surface area (Å²) in [6, 6.07) is 75.0. The first kappa shape index (κ1) is 32.8. The minimum Gasteiger partial charge on any atom is -0.455 e. The van der Waals surface area contributed by atoms with Gasteiger partial charge in [-0.15, -0.1) is 0 Å². The van der Waals surface area contributed by atoms with E-state index in [4.69, 9.17) is 8.83 Å². The zero-order valence-corrected chi connectivity index (χ0v) is 31.0. The molecule has 0 fully saturated rings. The maximum absolute atomic E-state index is 6.59. The molecule has 0 atom stereocenters. The fourth-order valence-corrected chi connectivity index (χ4v) is 8.36. The third-order valence-corrected chi connectivity index (χ3v) is 11.1. The molecule has 11 aromatic rings. The highest BCUT2D eigenvalue weighted by Crippen LogP contribution is 2.44. The van der Waals surface area contributed by atoms with E-state index in [1.807, 2.05) is 24.3 Å². The summed E-state index contributed by atoms with van der Waals surface area (Å²) in [5, 5.41) is 4.51. The smallest absolute Gasteiger partial charge is 0.143 e. The summed E-state index contributed by atoms with van der Waals surface area (Å²) in [4.78, 5) is 2.32. The normalized spacial score (nSPS) is 11.5. The van der Waals surface area contributed by atoms with Crippen LogP contribution in [0.15, 0.2) is 221 Å². The van der Waals surface area contributed by atoms with Crippen LogP contribution in [0.1, 0.15) is 0 Å². The highest BCUT2D eigenvalue weighted by atomic mass is 16.3. The molecule has 268 valence electrons.